The number of alkyl halides is 10. The molecule has 2 atom stereocenters. The average molecular weight is 426 g/mol. The van der Waals surface area contributed by atoms with Crippen molar-refractivity contribution in [2.45, 2.75) is 35.5 Å². The Morgan fingerprint density at radius 2 is 1.18 bits per heavy atom. The summed E-state index contributed by atoms with van der Waals surface area (Å²) in [4.78, 5) is 0. The van der Waals surface area contributed by atoms with Gasteiger partial charge in [-0.15, -0.1) is 0 Å². The summed E-state index contributed by atoms with van der Waals surface area (Å²) in [6.07, 6.45) is -4.72. The normalized spacial score (nSPS) is 32.9. The zero-order valence-electron chi connectivity index (χ0n) is 13.0. The molecule has 0 nitrogen and oxygen atoms in total. The van der Waals surface area contributed by atoms with E-state index in [1.165, 1.54) is 0 Å². The van der Waals surface area contributed by atoms with E-state index in [4.69, 9.17) is 0 Å². The van der Waals surface area contributed by atoms with Crippen LogP contribution in [0.4, 0.5) is 52.7 Å². The minimum Gasteiger partial charge on any atom is -0.235 e. The number of hydrogen-bond acceptors (Lipinski definition) is 0. The van der Waals surface area contributed by atoms with Crippen molar-refractivity contribution < 1.29 is 52.7 Å². The van der Waals surface area contributed by atoms with Gasteiger partial charge in [-0.25, -0.2) is 17.6 Å². The molecule has 2 aliphatic carbocycles. The Hall–Kier alpha value is -2.14. The monoisotopic (exact) mass is 426 g/mol. The van der Waals surface area contributed by atoms with Crippen molar-refractivity contribution in [1.82, 2.24) is 0 Å². The van der Waals surface area contributed by atoms with Crippen molar-refractivity contribution in [2.24, 2.45) is 0 Å². The highest BCUT2D eigenvalue weighted by molar-refractivity contribution is 5.85. The quantitative estimate of drug-likeness (QED) is 0.469. The van der Waals surface area contributed by atoms with Crippen LogP contribution in [-0.4, -0.2) is 35.5 Å². The molecule has 0 spiro atoms. The fourth-order valence-corrected chi connectivity index (χ4v) is 3.18. The van der Waals surface area contributed by atoms with Gasteiger partial charge in [0.2, 0.25) is 5.67 Å². The summed E-state index contributed by atoms with van der Waals surface area (Å²) in [5.41, 5.74) is -12.5. The van der Waals surface area contributed by atoms with Crippen molar-refractivity contribution in [1.29, 1.82) is 0 Å². The fourth-order valence-electron chi connectivity index (χ4n) is 3.18. The molecular formula is C16H6F12. The van der Waals surface area contributed by atoms with E-state index in [0.29, 0.717) is 12.1 Å². The number of rotatable bonds is 1. The Bertz CT molecular complexity index is 882. The number of allylic oxidation sites excluding steroid dienone is 4. The van der Waals surface area contributed by atoms with Crippen LogP contribution >= 0.6 is 0 Å². The molecule has 0 saturated heterocycles. The second kappa shape index (κ2) is 5.47. The Morgan fingerprint density at radius 3 is 1.68 bits per heavy atom. The molecule has 0 amide bonds. The van der Waals surface area contributed by atoms with Crippen LogP contribution in [-0.2, 0) is 0 Å². The van der Waals surface area contributed by atoms with Gasteiger partial charge in [-0.2, -0.15) is 35.1 Å². The molecule has 0 N–H and O–H groups in total. The third-order valence-electron chi connectivity index (χ3n) is 4.63. The van der Waals surface area contributed by atoms with E-state index in [9.17, 15) is 52.7 Å². The summed E-state index contributed by atoms with van der Waals surface area (Å²) in [6, 6.07) is 4.19. The first-order valence-corrected chi connectivity index (χ1v) is 7.29. The van der Waals surface area contributed by atoms with Crippen molar-refractivity contribution in [3.63, 3.8) is 0 Å². The molecule has 12 heteroatoms. The molecular weight excluding hydrogens is 420 g/mol. The zero-order valence-corrected chi connectivity index (χ0v) is 13.0. The Labute approximate surface area is 148 Å². The highest BCUT2D eigenvalue weighted by atomic mass is 19.4. The summed E-state index contributed by atoms with van der Waals surface area (Å²) in [7, 11) is 0. The molecule has 2 unspecified atom stereocenters. The number of fused-ring (bicyclic) bond motifs is 1. The summed E-state index contributed by atoms with van der Waals surface area (Å²) >= 11 is 0. The van der Waals surface area contributed by atoms with Crippen molar-refractivity contribution >= 4 is 5.57 Å². The van der Waals surface area contributed by atoms with E-state index < -0.39 is 63.9 Å². The van der Waals surface area contributed by atoms with E-state index in [1.54, 1.807) is 0 Å². The second-order valence-electron chi connectivity index (χ2n) is 6.15. The Kier molecular flexibility index (Phi) is 4.02. The minimum atomic E-state index is -7.14. The molecule has 0 aliphatic heterocycles. The first-order valence-electron chi connectivity index (χ1n) is 7.29. The molecule has 3 rings (SSSR count). The van der Waals surface area contributed by atoms with Gasteiger partial charge in [-0.05, 0) is 5.56 Å². The minimum absolute atomic E-state index is 0.604. The van der Waals surface area contributed by atoms with Crippen LogP contribution in [0.5, 0.6) is 0 Å². The average Bonchev–Trinajstić information content (AvgIpc) is 2.61. The first kappa shape index (κ1) is 20.6. The van der Waals surface area contributed by atoms with Gasteiger partial charge in [0.05, 0.1) is 5.57 Å². The van der Waals surface area contributed by atoms with Crippen LogP contribution in [0.3, 0.4) is 0 Å². The van der Waals surface area contributed by atoms with Gasteiger partial charge < -0.3 is 0 Å². The lowest BCUT2D eigenvalue weighted by Crippen LogP contribution is -2.78. The zero-order chi connectivity index (χ0) is 21.5. The standard InChI is InChI=1S/C16H6F12/c17-8-7(6-4-2-1-3-5-6)10-12(20,11(19)9(8)18)14(23,24)16(27,28)15(25,26)13(10,21)22/h1-5,11H. The van der Waals surface area contributed by atoms with E-state index in [2.05, 4.69) is 0 Å². The van der Waals surface area contributed by atoms with Gasteiger partial charge in [0.1, 0.15) is 0 Å². The van der Waals surface area contributed by atoms with Gasteiger partial charge in [-0.1, -0.05) is 30.3 Å². The van der Waals surface area contributed by atoms with Gasteiger partial charge in [0.15, 0.2) is 17.8 Å². The number of halogens is 12. The summed E-state index contributed by atoms with van der Waals surface area (Å²) in [6.45, 7) is 0. The molecule has 0 heterocycles. The molecule has 1 aromatic carbocycles. The van der Waals surface area contributed by atoms with Gasteiger partial charge in [-0.3, -0.25) is 0 Å². The van der Waals surface area contributed by atoms with Crippen LogP contribution in [0.25, 0.3) is 5.57 Å². The molecule has 1 saturated carbocycles. The lowest BCUT2D eigenvalue weighted by molar-refractivity contribution is -0.407. The molecule has 1 fully saturated rings. The maximum Gasteiger partial charge on any atom is 0.382 e. The van der Waals surface area contributed by atoms with E-state index in [-0.39, 0.29) is 0 Å². The Balaban J connectivity index is 2.56. The molecule has 28 heavy (non-hydrogen) atoms. The predicted octanol–water partition coefficient (Wildman–Crippen LogP) is 6.21. The number of hydrogen-bond donors (Lipinski definition) is 0. The molecule has 0 radical (unpaired) electrons. The van der Waals surface area contributed by atoms with Crippen LogP contribution < -0.4 is 0 Å². The molecule has 1 aromatic rings. The fraction of sp³-hybridized carbons (Fsp3) is 0.375. The molecule has 2 aliphatic rings. The highest BCUT2D eigenvalue weighted by Gasteiger charge is 2.95. The van der Waals surface area contributed by atoms with Crippen LogP contribution in [0.1, 0.15) is 5.56 Å². The van der Waals surface area contributed by atoms with Gasteiger partial charge in [0, 0.05) is 5.57 Å². The first-order chi connectivity index (χ1) is 12.6. The van der Waals surface area contributed by atoms with Crippen molar-refractivity contribution in [3.8, 4) is 0 Å². The summed E-state index contributed by atoms with van der Waals surface area (Å²) in [5.74, 6) is -33.2. The van der Waals surface area contributed by atoms with Crippen LogP contribution in [0.15, 0.2) is 47.6 Å². The maximum absolute atomic E-state index is 15.0. The van der Waals surface area contributed by atoms with E-state index >= 15 is 0 Å². The van der Waals surface area contributed by atoms with Crippen molar-refractivity contribution in [3.05, 3.63) is 53.1 Å². The third-order valence-corrected chi connectivity index (χ3v) is 4.63. The van der Waals surface area contributed by atoms with Gasteiger partial charge >= 0.3 is 23.7 Å². The van der Waals surface area contributed by atoms with Gasteiger partial charge in [0.25, 0.3) is 0 Å². The lowest BCUT2D eigenvalue weighted by Gasteiger charge is -2.52. The van der Waals surface area contributed by atoms with E-state index in [1.807, 2.05) is 0 Å². The third kappa shape index (κ3) is 1.96. The largest absolute Gasteiger partial charge is 0.382 e. The maximum atomic E-state index is 15.0. The summed E-state index contributed by atoms with van der Waals surface area (Å²) in [5, 5.41) is 0. The highest BCUT2D eigenvalue weighted by Crippen LogP contribution is 2.70. The number of benzene rings is 1. The van der Waals surface area contributed by atoms with Crippen LogP contribution in [0.2, 0.25) is 0 Å². The second-order valence-corrected chi connectivity index (χ2v) is 6.15. The molecule has 154 valence electrons. The molecule has 0 aromatic heterocycles. The van der Waals surface area contributed by atoms with Crippen molar-refractivity contribution in [2.75, 3.05) is 0 Å². The molecule has 0 bridgehead atoms. The predicted molar refractivity (Wildman–Crippen MR) is 71.1 cm³/mol. The SMILES string of the molecule is FC1=C(F)C(F)C2(F)C(=C1c1ccccc1)C(F)(F)C(F)(F)C(F)(F)C2(F)F. The summed E-state index contributed by atoms with van der Waals surface area (Å²) < 4.78 is 168. The lowest BCUT2D eigenvalue weighted by atomic mass is 9.64. The van der Waals surface area contributed by atoms with E-state index in [0.717, 1.165) is 18.2 Å². The Morgan fingerprint density at radius 1 is 0.679 bits per heavy atom. The van der Waals surface area contributed by atoms with Crippen LogP contribution in [0, 0.1) is 0 Å². The smallest absolute Gasteiger partial charge is 0.235 e. The topological polar surface area (TPSA) is 0 Å².